The fourth-order valence-electron chi connectivity index (χ4n) is 1.70. The van der Waals surface area contributed by atoms with Crippen LogP contribution in [-0.4, -0.2) is 25.4 Å². The van der Waals surface area contributed by atoms with Crippen LogP contribution in [0, 0.1) is 0 Å². The van der Waals surface area contributed by atoms with Crippen LogP contribution in [0.5, 0.6) is 0 Å². The van der Waals surface area contributed by atoms with Crippen LogP contribution in [0.1, 0.15) is 12.5 Å². The lowest BCUT2D eigenvalue weighted by Gasteiger charge is -2.19. The molecule has 2 rings (SSSR count). The minimum Gasteiger partial charge on any atom is -0.368 e. The number of nitrogen functional groups attached to an aromatic ring is 1. The number of benzene rings is 1. The molecule has 6 nitrogen and oxygen atoms in total. The number of rotatable bonds is 4. The first-order valence-corrected chi connectivity index (χ1v) is 7.54. The van der Waals surface area contributed by atoms with Gasteiger partial charge in [-0.3, -0.25) is 4.31 Å². The smallest absolute Gasteiger partial charge is 0.267 e. The molecule has 106 valence electrons. The molecule has 0 bridgehead atoms. The summed E-state index contributed by atoms with van der Waals surface area (Å²) in [6.07, 6.45) is 3.31. The first kappa shape index (κ1) is 14.3. The van der Waals surface area contributed by atoms with Gasteiger partial charge < -0.3 is 5.73 Å². The molecule has 0 amide bonds. The summed E-state index contributed by atoms with van der Waals surface area (Å²) >= 11 is 0. The van der Waals surface area contributed by atoms with Gasteiger partial charge in [0.1, 0.15) is 4.90 Å². The number of hydrogen-bond donors (Lipinski definition) is 1. The van der Waals surface area contributed by atoms with Crippen molar-refractivity contribution >= 4 is 21.7 Å². The van der Waals surface area contributed by atoms with Gasteiger partial charge in [0.25, 0.3) is 10.0 Å². The van der Waals surface area contributed by atoms with E-state index in [2.05, 4.69) is 9.97 Å². The SMILES string of the molecule is CCc1ccc(N(C)S(=O)(=O)c2cnc(N)nc2)cc1. The minimum atomic E-state index is -3.68. The molecule has 2 aromatic rings. The molecule has 2 N–H and O–H groups in total. The summed E-state index contributed by atoms with van der Waals surface area (Å²) in [5.41, 5.74) is 7.09. The average molecular weight is 292 g/mol. The van der Waals surface area contributed by atoms with E-state index in [4.69, 9.17) is 5.73 Å². The molecule has 1 aromatic heterocycles. The van der Waals surface area contributed by atoms with Crippen LogP contribution < -0.4 is 10.0 Å². The number of nitrogens with two attached hydrogens (primary N) is 1. The highest BCUT2D eigenvalue weighted by Crippen LogP contribution is 2.21. The number of sulfonamides is 1. The number of aromatic nitrogens is 2. The third kappa shape index (κ3) is 2.72. The lowest BCUT2D eigenvalue weighted by molar-refractivity contribution is 0.593. The van der Waals surface area contributed by atoms with Crippen molar-refractivity contribution in [1.29, 1.82) is 0 Å². The van der Waals surface area contributed by atoms with Crippen molar-refractivity contribution in [2.24, 2.45) is 0 Å². The molecule has 1 aromatic carbocycles. The monoisotopic (exact) mass is 292 g/mol. The van der Waals surface area contributed by atoms with Gasteiger partial charge in [0.2, 0.25) is 5.95 Å². The van der Waals surface area contributed by atoms with Crippen LogP contribution in [-0.2, 0) is 16.4 Å². The van der Waals surface area contributed by atoms with Crippen LogP contribution in [0.2, 0.25) is 0 Å². The van der Waals surface area contributed by atoms with Crippen LogP contribution >= 0.6 is 0 Å². The van der Waals surface area contributed by atoms with Gasteiger partial charge >= 0.3 is 0 Å². The summed E-state index contributed by atoms with van der Waals surface area (Å²) in [5, 5.41) is 0. The van der Waals surface area contributed by atoms with Crippen LogP contribution in [0.15, 0.2) is 41.6 Å². The second-order valence-corrected chi connectivity index (χ2v) is 6.24. The Hall–Kier alpha value is -2.15. The molecule has 0 aliphatic heterocycles. The van der Waals surface area contributed by atoms with Crippen molar-refractivity contribution in [1.82, 2.24) is 9.97 Å². The van der Waals surface area contributed by atoms with E-state index in [-0.39, 0.29) is 10.8 Å². The molecule has 0 saturated heterocycles. The van der Waals surface area contributed by atoms with Crippen LogP contribution in [0.4, 0.5) is 11.6 Å². The second-order valence-electron chi connectivity index (χ2n) is 4.27. The van der Waals surface area contributed by atoms with Crippen molar-refractivity contribution < 1.29 is 8.42 Å². The summed E-state index contributed by atoms with van der Waals surface area (Å²) < 4.78 is 26.0. The van der Waals surface area contributed by atoms with Crippen molar-refractivity contribution in [2.45, 2.75) is 18.2 Å². The molecule has 1 heterocycles. The van der Waals surface area contributed by atoms with E-state index in [1.54, 1.807) is 12.1 Å². The van der Waals surface area contributed by atoms with Gasteiger partial charge in [0.05, 0.1) is 18.1 Å². The Kier molecular flexibility index (Phi) is 3.89. The van der Waals surface area contributed by atoms with E-state index >= 15 is 0 Å². The largest absolute Gasteiger partial charge is 0.368 e. The molecule has 0 saturated carbocycles. The predicted octanol–water partition coefficient (Wildman–Crippen LogP) is 1.45. The molecule has 7 heteroatoms. The first-order valence-electron chi connectivity index (χ1n) is 6.10. The maximum absolute atomic E-state index is 12.4. The van der Waals surface area contributed by atoms with Gasteiger partial charge in [0, 0.05) is 7.05 Å². The van der Waals surface area contributed by atoms with Gasteiger partial charge in [-0.15, -0.1) is 0 Å². The van der Waals surface area contributed by atoms with E-state index in [9.17, 15) is 8.42 Å². The molecule has 0 aliphatic rings. The zero-order valence-electron chi connectivity index (χ0n) is 11.3. The average Bonchev–Trinajstić information content (AvgIpc) is 2.47. The van der Waals surface area contributed by atoms with Gasteiger partial charge in [-0.25, -0.2) is 18.4 Å². The topological polar surface area (TPSA) is 89.2 Å². The standard InChI is InChI=1S/C13H16N4O2S/c1-3-10-4-6-11(7-5-10)17(2)20(18,19)12-8-15-13(14)16-9-12/h4-9H,3H2,1-2H3,(H2,14,15,16). The zero-order chi connectivity index (χ0) is 14.8. The lowest BCUT2D eigenvalue weighted by Crippen LogP contribution is -2.26. The molecule has 0 radical (unpaired) electrons. The van der Waals surface area contributed by atoms with Crippen molar-refractivity contribution in [2.75, 3.05) is 17.1 Å². The minimum absolute atomic E-state index is 0.00812. The van der Waals surface area contributed by atoms with Crippen LogP contribution in [0.25, 0.3) is 0 Å². The lowest BCUT2D eigenvalue weighted by atomic mass is 10.1. The Bertz CT molecular complexity index is 681. The maximum atomic E-state index is 12.4. The Morgan fingerprint density at radius 2 is 1.70 bits per heavy atom. The third-order valence-corrected chi connectivity index (χ3v) is 4.75. The number of hydrogen-bond acceptors (Lipinski definition) is 5. The molecular formula is C13H16N4O2S. The van der Waals surface area contributed by atoms with E-state index < -0.39 is 10.0 Å². The quantitative estimate of drug-likeness (QED) is 0.921. The highest BCUT2D eigenvalue weighted by atomic mass is 32.2. The Balaban J connectivity index is 2.35. The van der Waals surface area contributed by atoms with Crippen molar-refractivity contribution in [3.63, 3.8) is 0 Å². The highest BCUT2D eigenvalue weighted by Gasteiger charge is 2.22. The molecule has 0 spiro atoms. The summed E-state index contributed by atoms with van der Waals surface area (Å²) in [6, 6.07) is 7.35. The van der Waals surface area contributed by atoms with Gasteiger partial charge in [-0.05, 0) is 24.1 Å². The van der Waals surface area contributed by atoms with Crippen molar-refractivity contribution in [3.8, 4) is 0 Å². The molecular weight excluding hydrogens is 276 g/mol. The summed E-state index contributed by atoms with van der Waals surface area (Å²) in [7, 11) is -2.18. The molecule has 0 fully saturated rings. The van der Waals surface area contributed by atoms with Gasteiger partial charge in [-0.1, -0.05) is 19.1 Å². The van der Waals surface area contributed by atoms with E-state index in [1.165, 1.54) is 23.7 Å². The predicted molar refractivity (Wildman–Crippen MR) is 77.9 cm³/mol. The molecule has 0 aliphatic carbocycles. The number of anilines is 2. The zero-order valence-corrected chi connectivity index (χ0v) is 12.1. The fourth-order valence-corrected chi connectivity index (χ4v) is 2.79. The Morgan fingerprint density at radius 1 is 1.15 bits per heavy atom. The van der Waals surface area contributed by atoms with Crippen LogP contribution in [0.3, 0.4) is 0 Å². The highest BCUT2D eigenvalue weighted by molar-refractivity contribution is 7.92. The normalized spacial score (nSPS) is 11.3. The molecule has 0 atom stereocenters. The summed E-state index contributed by atoms with van der Waals surface area (Å²) in [4.78, 5) is 7.43. The molecule has 0 unspecified atom stereocenters. The van der Waals surface area contributed by atoms with Gasteiger partial charge in [-0.2, -0.15) is 0 Å². The maximum Gasteiger partial charge on any atom is 0.267 e. The number of aryl methyl sites for hydroxylation is 1. The van der Waals surface area contributed by atoms with Gasteiger partial charge in [0.15, 0.2) is 0 Å². The summed E-state index contributed by atoms with van der Waals surface area (Å²) in [5.74, 6) is 0.0406. The Morgan fingerprint density at radius 3 is 2.20 bits per heavy atom. The fraction of sp³-hybridized carbons (Fsp3) is 0.231. The van der Waals surface area contributed by atoms with E-state index in [0.717, 1.165) is 12.0 Å². The Labute approximate surface area is 118 Å². The van der Waals surface area contributed by atoms with E-state index in [1.807, 2.05) is 19.1 Å². The van der Waals surface area contributed by atoms with E-state index in [0.29, 0.717) is 5.69 Å². The second kappa shape index (κ2) is 5.46. The van der Waals surface area contributed by atoms with Crippen molar-refractivity contribution in [3.05, 3.63) is 42.2 Å². The third-order valence-electron chi connectivity index (χ3n) is 3.01. The summed E-state index contributed by atoms with van der Waals surface area (Å²) in [6.45, 7) is 2.04. The number of nitrogens with zero attached hydrogens (tertiary/aromatic N) is 3. The molecule has 20 heavy (non-hydrogen) atoms. The first-order chi connectivity index (χ1) is 9.45.